The van der Waals surface area contributed by atoms with Crippen molar-refractivity contribution in [2.75, 3.05) is 13.2 Å². The van der Waals surface area contributed by atoms with Crippen LogP contribution < -0.4 is 5.46 Å². The molecule has 1 heterocycles. The molecule has 1 aliphatic rings. The van der Waals surface area contributed by atoms with Gasteiger partial charge in [-0.2, -0.15) is 0 Å². The highest BCUT2D eigenvalue weighted by Crippen LogP contribution is 2.22. The minimum absolute atomic E-state index is 0.132. The molecular formula is C13H19BO2. The van der Waals surface area contributed by atoms with Crippen LogP contribution in [-0.2, 0) is 9.31 Å². The van der Waals surface area contributed by atoms with Crippen molar-refractivity contribution in [2.24, 2.45) is 5.41 Å². The first-order valence-corrected chi connectivity index (χ1v) is 5.79. The Morgan fingerprint density at radius 2 is 1.56 bits per heavy atom. The van der Waals surface area contributed by atoms with E-state index < -0.39 is 0 Å². The fourth-order valence-corrected chi connectivity index (χ4v) is 2.06. The Morgan fingerprint density at radius 1 is 1.06 bits per heavy atom. The average Bonchev–Trinajstić information content (AvgIpc) is 2.20. The van der Waals surface area contributed by atoms with E-state index >= 15 is 0 Å². The lowest BCUT2D eigenvalue weighted by Gasteiger charge is -2.34. The molecule has 16 heavy (non-hydrogen) atoms. The van der Waals surface area contributed by atoms with E-state index in [1.165, 1.54) is 16.6 Å². The van der Waals surface area contributed by atoms with Crippen LogP contribution in [0.15, 0.2) is 18.2 Å². The third-order valence-corrected chi connectivity index (χ3v) is 3.03. The van der Waals surface area contributed by atoms with Crippen molar-refractivity contribution in [3.05, 3.63) is 29.3 Å². The highest BCUT2D eigenvalue weighted by molar-refractivity contribution is 6.62. The lowest BCUT2D eigenvalue weighted by Crippen LogP contribution is -2.49. The minimum atomic E-state index is -0.186. The maximum absolute atomic E-state index is 5.82. The van der Waals surface area contributed by atoms with Crippen molar-refractivity contribution in [3.8, 4) is 0 Å². The molecular weight excluding hydrogens is 199 g/mol. The van der Waals surface area contributed by atoms with Crippen molar-refractivity contribution in [1.82, 2.24) is 0 Å². The summed E-state index contributed by atoms with van der Waals surface area (Å²) in [6, 6.07) is 6.28. The molecule has 0 aliphatic carbocycles. The molecule has 0 spiro atoms. The summed E-state index contributed by atoms with van der Waals surface area (Å²) >= 11 is 0. The third-order valence-electron chi connectivity index (χ3n) is 3.03. The zero-order chi connectivity index (χ0) is 11.8. The molecule has 2 rings (SSSR count). The molecule has 0 N–H and O–H groups in total. The summed E-state index contributed by atoms with van der Waals surface area (Å²) in [4.78, 5) is 0. The van der Waals surface area contributed by atoms with Crippen LogP contribution in [0.5, 0.6) is 0 Å². The van der Waals surface area contributed by atoms with Gasteiger partial charge in [-0.25, -0.2) is 0 Å². The van der Waals surface area contributed by atoms with Crippen LogP contribution in [0.25, 0.3) is 0 Å². The van der Waals surface area contributed by atoms with Crippen LogP contribution in [-0.4, -0.2) is 20.3 Å². The second-order valence-electron chi connectivity index (χ2n) is 5.42. The van der Waals surface area contributed by atoms with Gasteiger partial charge in [-0.1, -0.05) is 43.2 Å². The number of hydrogen-bond acceptors (Lipinski definition) is 2. The van der Waals surface area contributed by atoms with E-state index in [-0.39, 0.29) is 12.5 Å². The molecule has 1 aliphatic heterocycles. The van der Waals surface area contributed by atoms with E-state index in [2.05, 4.69) is 45.9 Å². The molecule has 0 atom stereocenters. The highest BCUT2D eigenvalue weighted by atomic mass is 16.6. The third kappa shape index (κ3) is 2.31. The molecule has 2 nitrogen and oxygen atoms in total. The standard InChI is InChI=1S/C13H19BO2/c1-10-6-5-7-11(2)12(10)14-15-8-13(3,4)9-16-14/h5-7H,8-9H2,1-4H3. The fraction of sp³-hybridized carbons (Fsp3) is 0.538. The van der Waals surface area contributed by atoms with Gasteiger partial charge in [0.05, 0.1) is 0 Å². The first kappa shape index (κ1) is 11.7. The number of benzene rings is 1. The summed E-state index contributed by atoms with van der Waals surface area (Å²) in [5.74, 6) is 0. The number of rotatable bonds is 1. The summed E-state index contributed by atoms with van der Waals surface area (Å²) in [7, 11) is -0.186. The Labute approximate surface area is 98.1 Å². The van der Waals surface area contributed by atoms with Crippen LogP contribution in [0, 0.1) is 19.3 Å². The first-order chi connectivity index (χ1) is 7.49. The molecule has 1 saturated heterocycles. The molecule has 3 heteroatoms. The Morgan fingerprint density at radius 3 is 2.06 bits per heavy atom. The quantitative estimate of drug-likeness (QED) is 0.672. The predicted molar refractivity (Wildman–Crippen MR) is 67.0 cm³/mol. The smallest absolute Gasteiger partial charge is 0.407 e. The molecule has 1 aromatic rings. The average molecular weight is 218 g/mol. The minimum Gasteiger partial charge on any atom is -0.407 e. The molecule has 0 amide bonds. The summed E-state index contributed by atoms with van der Waals surface area (Å²) in [5.41, 5.74) is 3.81. The van der Waals surface area contributed by atoms with Crippen LogP contribution in [0.3, 0.4) is 0 Å². The van der Waals surface area contributed by atoms with E-state index in [1.807, 2.05) is 0 Å². The zero-order valence-corrected chi connectivity index (χ0v) is 10.5. The maximum Gasteiger partial charge on any atom is 0.494 e. The molecule has 0 radical (unpaired) electrons. The van der Waals surface area contributed by atoms with Crippen molar-refractivity contribution < 1.29 is 9.31 Å². The van der Waals surface area contributed by atoms with Gasteiger partial charge in [0, 0.05) is 18.6 Å². The molecule has 1 aromatic carbocycles. The van der Waals surface area contributed by atoms with E-state index in [9.17, 15) is 0 Å². The summed E-state index contributed by atoms with van der Waals surface area (Å²) < 4.78 is 11.6. The molecule has 86 valence electrons. The van der Waals surface area contributed by atoms with Crippen LogP contribution in [0.4, 0.5) is 0 Å². The normalized spacial score (nSPS) is 19.9. The predicted octanol–water partition coefficient (Wildman–Crippen LogP) is 2.07. The highest BCUT2D eigenvalue weighted by Gasteiger charge is 2.34. The van der Waals surface area contributed by atoms with Crippen molar-refractivity contribution in [1.29, 1.82) is 0 Å². The van der Waals surface area contributed by atoms with Gasteiger partial charge in [0.2, 0.25) is 0 Å². The zero-order valence-electron chi connectivity index (χ0n) is 10.5. The number of hydrogen-bond donors (Lipinski definition) is 0. The maximum atomic E-state index is 5.82. The summed E-state index contributed by atoms with van der Waals surface area (Å²) in [6.45, 7) is 10.0. The van der Waals surface area contributed by atoms with Crippen LogP contribution in [0.2, 0.25) is 0 Å². The van der Waals surface area contributed by atoms with Crippen molar-refractivity contribution in [3.63, 3.8) is 0 Å². The Kier molecular flexibility index (Phi) is 3.09. The second-order valence-corrected chi connectivity index (χ2v) is 5.42. The molecule has 0 bridgehead atoms. The monoisotopic (exact) mass is 218 g/mol. The van der Waals surface area contributed by atoms with Crippen molar-refractivity contribution >= 4 is 12.6 Å². The second kappa shape index (κ2) is 4.23. The Bertz CT molecular complexity index is 357. The molecule has 0 aromatic heterocycles. The first-order valence-electron chi connectivity index (χ1n) is 5.79. The van der Waals surface area contributed by atoms with Crippen LogP contribution in [0.1, 0.15) is 25.0 Å². The van der Waals surface area contributed by atoms with E-state index in [0.29, 0.717) is 0 Å². The molecule has 0 unspecified atom stereocenters. The topological polar surface area (TPSA) is 18.5 Å². The van der Waals surface area contributed by atoms with Gasteiger partial charge in [0.1, 0.15) is 0 Å². The van der Waals surface area contributed by atoms with Crippen LogP contribution >= 0.6 is 0 Å². The largest absolute Gasteiger partial charge is 0.494 e. The van der Waals surface area contributed by atoms with Gasteiger partial charge in [0.25, 0.3) is 0 Å². The lowest BCUT2D eigenvalue weighted by atomic mass is 9.71. The molecule has 1 fully saturated rings. The number of aryl methyl sites for hydroxylation is 2. The Balaban J connectivity index is 2.20. The fourth-order valence-electron chi connectivity index (χ4n) is 2.06. The van der Waals surface area contributed by atoms with Crippen molar-refractivity contribution in [2.45, 2.75) is 27.7 Å². The Hall–Kier alpha value is -0.795. The van der Waals surface area contributed by atoms with Gasteiger partial charge in [-0.15, -0.1) is 0 Å². The van der Waals surface area contributed by atoms with Gasteiger partial charge < -0.3 is 9.31 Å². The summed E-state index contributed by atoms with van der Waals surface area (Å²) in [6.07, 6.45) is 0. The van der Waals surface area contributed by atoms with Gasteiger partial charge in [-0.05, 0) is 19.3 Å². The van der Waals surface area contributed by atoms with E-state index in [4.69, 9.17) is 9.31 Å². The molecule has 0 saturated carbocycles. The van der Waals surface area contributed by atoms with E-state index in [0.717, 1.165) is 13.2 Å². The van der Waals surface area contributed by atoms with Gasteiger partial charge in [0.15, 0.2) is 0 Å². The van der Waals surface area contributed by atoms with E-state index in [1.54, 1.807) is 0 Å². The lowest BCUT2D eigenvalue weighted by molar-refractivity contribution is 0.0342. The summed E-state index contributed by atoms with van der Waals surface area (Å²) in [5, 5.41) is 0. The van der Waals surface area contributed by atoms with Gasteiger partial charge >= 0.3 is 7.12 Å². The SMILES string of the molecule is Cc1cccc(C)c1B1OCC(C)(C)CO1. The van der Waals surface area contributed by atoms with Gasteiger partial charge in [-0.3, -0.25) is 0 Å².